The van der Waals surface area contributed by atoms with Crippen molar-refractivity contribution in [2.24, 2.45) is 21.6 Å². The zero-order valence-corrected chi connectivity index (χ0v) is 13.4. The molecule has 25 heavy (non-hydrogen) atoms. The third-order valence-corrected chi connectivity index (χ3v) is 5.27. The van der Waals surface area contributed by atoms with Crippen molar-refractivity contribution in [2.45, 2.75) is 11.8 Å². The fourth-order valence-corrected chi connectivity index (χ4v) is 4.15. The van der Waals surface area contributed by atoms with Gasteiger partial charge in [0.2, 0.25) is 0 Å². The molecule has 126 valence electrons. The quantitative estimate of drug-likeness (QED) is 0.784. The van der Waals surface area contributed by atoms with Crippen LogP contribution in [0.1, 0.15) is 21.8 Å². The zero-order chi connectivity index (χ0) is 17.9. The first-order chi connectivity index (χ1) is 12.0. The van der Waals surface area contributed by atoms with Crippen LogP contribution in [0.25, 0.3) is 0 Å². The van der Waals surface area contributed by atoms with Gasteiger partial charge >= 0.3 is 5.97 Å². The number of ether oxygens (including phenoxy) is 3. The number of nitrogens with zero attached hydrogens (tertiary/aromatic N) is 3. The van der Waals surface area contributed by atoms with E-state index in [1.165, 1.54) is 7.11 Å². The number of fused-ring (bicyclic) bond motifs is 2. The van der Waals surface area contributed by atoms with Gasteiger partial charge in [-0.1, -0.05) is 12.1 Å². The van der Waals surface area contributed by atoms with Crippen LogP contribution in [-0.2, 0) is 14.2 Å². The molecule has 0 bridgehead atoms. The Kier molecular flexibility index (Phi) is 2.99. The number of hydrogen-bond acceptors (Lipinski definition) is 8. The summed E-state index contributed by atoms with van der Waals surface area (Å²) in [6.45, 7) is 0.547. The second-order valence-corrected chi connectivity index (χ2v) is 6.16. The molecule has 0 radical (unpaired) electrons. The Labute approximate surface area is 143 Å². The van der Waals surface area contributed by atoms with E-state index in [4.69, 9.17) is 15.2 Å². The summed E-state index contributed by atoms with van der Waals surface area (Å²) in [5.74, 6) is -2.53. The van der Waals surface area contributed by atoms with Crippen molar-refractivity contribution in [1.82, 2.24) is 0 Å². The van der Waals surface area contributed by atoms with Crippen molar-refractivity contribution >= 4 is 11.8 Å². The second kappa shape index (κ2) is 4.79. The minimum Gasteiger partial charge on any atom is -0.465 e. The monoisotopic (exact) mass is 338 g/mol. The predicted octanol–water partition coefficient (Wildman–Crippen LogP) is 0.662. The molecule has 1 aromatic carbocycles. The van der Waals surface area contributed by atoms with Crippen molar-refractivity contribution in [1.29, 1.82) is 10.5 Å². The fourth-order valence-electron chi connectivity index (χ4n) is 4.15. The van der Waals surface area contributed by atoms with Gasteiger partial charge in [-0.15, -0.1) is 0 Å². The van der Waals surface area contributed by atoms with Gasteiger partial charge in [0.1, 0.15) is 11.3 Å². The van der Waals surface area contributed by atoms with Crippen molar-refractivity contribution in [2.75, 3.05) is 20.3 Å². The number of nitriles is 2. The Bertz CT molecular complexity index is 875. The number of amidine groups is 1. The summed E-state index contributed by atoms with van der Waals surface area (Å²) in [5, 5.41) is 19.8. The lowest BCUT2D eigenvalue weighted by Gasteiger charge is -2.25. The summed E-state index contributed by atoms with van der Waals surface area (Å²) in [4.78, 5) is 15.8. The Balaban J connectivity index is 1.82. The Morgan fingerprint density at radius 3 is 2.44 bits per heavy atom. The second-order valence-electron chi connectivity index (χ2n) is 6.16. The van der Waals surface area contributed by atoms with Crippen LogP contribution in [0.2, 0.25) is 0 Å². The van der Waals surface area contributed by atoms with E-state index in [-0.39, 0.29) is 19.0 Å². The molecule has 3 unspecified atom stereocenters. The van der Waals surface area contributed by atoms with Crippen molar-refractivity contribution in [3.63, 3.8) is 0 Å². The van der Waals surface area contributed by atoms with Gasteiger partial charge in [0.05, 0.1) is 38.0 Å². The first-order valence-corrected chi connectivity index (χ1v) is 7.67. The van der Waals surface area contributed by atoms with Crippen molar-refractivity contribution in [3.8, 4) is 12.1 Å². The van der Waals surface area contributed by atoms with E-state index < -0.39 is 28.6 Å². The lowest BCUT2D eigenvalue weighted by atomic mass is 9.94. The van der Waals surface area contributed by atoms with Gasteiger partial charge in [0.15, 0.2) is 5.41 Å². The summed E-state index contributed by atoms with van der Waals surface area (Å²) < 4.78 is 16.0. The largest absolute Gasteiger partial charge is 0.465 e. The summed E-state index contributed by atoms with van der Waals surface area (Å²) in [5.41, 5.74) is 4.46. The van der Waals surface area contributed by atoms with Crippen LogP contribution in [-0.4, -0.2) is 38.0 Å². The standard InChI is InChI=1S/C17H14N4O4/c1-23-13(22)11-4-2-10(3-5-11)12-15(8-18)14(20)21-17(16(12,15)9-19)24-6-7-25-17/h2-5,12H,6-7H2,1H3,(H2,20,21). The highest BCUT2D eigenvalue weighted by Gasteiger charge is 2.94. The lowest BCUT2D eigenvalue weighted by Crippen LogP contribution is -2.38. The van der Waals surface area contributed by atoms with Crippen LogP contribution in [0.3, 0.4) is 0 Å². The molecule has 8 nitrogen and oxygen atoms in total. The topological polar surface area (TPSA) is 131 Å². The van der Waals surface area contributed by atoms with Crippen LogP contribution >= 0.6 is 0 Å². The van der Waals surface area contributed by atoms with E-state index >= 15 is 0 Å². The highest BCUT2D eigenvalue weighted by atomic mass is 16.8. The highest BCUT2D eigenvalue weighted by Crippen LogP contribution is 2.82. The molecule has 0 amide bonds. The fraction of sp³-hybridized carbons (Fsp3) is 0.412. The summed E-state index contributed by atoms with van der Waals surface area (Å²) in [6.07, 6.45) is 0. The minimum atomic E-state index is -1.55. The number of esters is 1. The third-order valence-electron chi connectivity index (χ3n) is 5.27. The van der Waals surface area contributed by atoms with Gasteiger partial charge in [-0.3, -0.25) is 0 Å². The number of benzene rings is 1. The van der Waals surface area contributed by atoms with Gasteiger partial charge < -0.3 is 19.9 Å². The van der Waals surface area contributed by atoms with Gasteiger partial charge in [-0.25, -0.2) is 9.79 Å². The van der Waals surface area contributed by atoms with Crippen LogP contribution in [0.5, 0.6) is 0 Å². The number of carbonyl (C=O) groups is 1. The van der Waals surface area contributed by atoms with E-state index in [1.54, 1.807) is 24.3 Å². The van der Waals surface area contributed by atoms with Gasteiger partial charge in [0, 0.05) is 5.92 Å². The molecule has 1 aliphatic carbocycles. The molecule has 2 N–H and O–H groups in total. The number of rotatable bonds is 2. The molecule has 1 aromatic rings. The molecule has 1 spiro atoms. The molecule has 1 saturated carbocycles. The van der Waals surface area contributed by atoms with Gasteiger partial charge in [-0.2, -0.15) is 10.5 Å². The van der Waals surface area contributed by atoms with E-state index in [0.29, 0.717) is 11.1 Å². The number of carbonyl (C=O) groups excluding carboxylic acids is 1. The van der Waals surface area contributed by atoms with E-state index in [1.807, 2.05) is 0 Å². The normalized spacial score (nSPS) is 33.9. The van der Waals surface area contributed by atoms with Crippen LogP contribution in [0.4, 0.5) is 0 Å². The van der Waals surface area contributed by atoms with Gasteiger partial charge in [0.25, 0.3) is 5.91 Å². The molecule has 3 aliphatic rings. The Morgan fingerprint density at radius 1 is 1.28 bits per heavy atom. The molecular formula is C17H14N4O4. The Hall–Kier alpha value is -2.94. The third kappa shape index (κ3) is 1.52. The van der Waals surface area contributed by atoms with Gasteiger partial charge in [-0.05, 0) is 17.7 Å². The number of hydrogen-bond donors (Lipinski definition) is 1. The van der Waals surface area contributed by atoms with Crippen LogP contribution in [0.15, 0.2) is 29.3 Å². The summed E-state index contributed by atoms with van der Waals surface area (Å²) in [7, 11) is 1.30. The zero-order valence-electron chi connectivity index (χ0n) is 13.4. The first kappa shape index (κ1) is 15.6. The molecule has 8 heteroatoms. The Morgan fingerprint density at radius 2 is 1.92 bits per heavy atom. The molecule has 2 fully saturated rings. The lowest BCUT2D eigenvalue weighted by molar-refractivity contribution is -0.184. The van der Waals surface area contributed by atoms with Crippen LogP contribution < -0.4 is 5.73 Å². The first-order valence-electron chi connectivity index (χ1n) is 7.67. The average Bonchev–Trinajstić information content (AvgIpc) is 2.89. The maximum atomic E-state index is 11.6. The van der Waals surface area contributed by atoms with Crippen LogP contribution in [0, 0.1) is 33.5 Å². The van der Waals surface area contributed by atoms with E-state index in [2.05, 4.69) is 21.9 Å². The molecular weight excluding hydrogens is 324 g/mol. The molecule has 1 saturated heterocycles. The SMILES string of the molecule is COC(=O)c1ccc(C2C3(C#N)C(N)=NC4(OCCO4)C23C#N)cc1. The van der Waals surface area contributed by atoms with E-state index in [9.17, 15) is 15.3 Å². The summed E-state index contributed by atoms with van der Waals surface area (Å²) in [6, 6.07) is 10.9. The number of nitrogens with two attached hydrogens (primary N) is 1. The molecule has 3 atom stereocenters. The van der Waals surface area contributed by atoms with Crippen molar-refractivity contribution < 1.29 is 19.0 Å². The average molecular weight is 338 g/mol. The maximum absolute atomic E-state index is 11.6. The predicted molar refractivity (Wildman–Crippen MR) is 82.9 cm³/mol. The molecule has 0 aromatic heterocycles. The molecule has 2 aliphatic heterocycles. The summed E-state index contributed by atoms with van der Waals surface area (Å²) >= 11 is 0. The molecule has 4 rings (SSSR count). The smallest absolute Gasteiger partial charge is 0.337 e. The van der Waals surface area contributed by atoms with E-state index in [0.717, 1.165) is 0 Å². The molecule has 2 heterocycles. The minimum absolute atomic E-state index is 0.0421. The number of aliphatic imine (C=N–C) groups is 1. The number of methoxy groups -OCH3 is 1. The highest BCUT2D eigenvalue weighted by molar-refractivity contribution is 6.00. The maximum Gasteiger partial charge on any atom is 0.337 e. The van der Waals surface area contributed by atoms with Crippen molar-refractivity contribution in [3.05, 3.63) is 35.4 Å².